The van der Waals surface area contributed by atoms with Gasteiger partial charge in [0.05, 0.1) is 0 Å². The van der Waals surface area contributed by atoms with Gasteiger partial charge in [-0.25, -0.2) is 4.79 Å². The summed E-state index contributed by atoms with van der Waals surface area (Å²) in [5, 5.41) is 11.9. The molecule has 0 aliphatic rings. The smallest absolute Gasteiger partial charge is 0.341 e. The third-order valence-corrected chi connectivity index (χ3v) is 3.59. The van der Waals surface area contributed by atoms with Crippen molar-refractivity contribution < 1.29 is 19.4 Å². The Bertz CT molecular complexity index is 847. The molecule has 0 fully saturated rings. The van der Waals surface area contributed by atoms with Crippen molar-refractivity contribution in [3.05, 3.63) is 84.4 Å². The summed E-state index contributed by atoms with van der Waals surface area (Å²) in [4.78, 5) is 10.5. The van der Waals surface area contributed by atoms with E-state index >= 15 is 0 Å². The first-order chi connectivity index (χ1) is 12.7. The van der Waals surface area contributed by atoms with Gasteiger partial charge in [-0.15, -0.1) is 0 Å². The molecule has 5 nitrogen and oxygen atoms in total. The zero-order valence-electron chi connectivity index (χ0n) is 14.1. The predicted molar refractivity (Wildman–Crippen MR) is 99.9 cm³/mol. The van der Waals surface area contributed by atoms with E-state index in [4.69, 9.17) is 14.6 Å². The number of nitrogens with one attached hydrogen (secondary N) is 1. The summed E-state index contributed by atoms with van der Waals surface area (Å²) >= 11 is 0. The van der Waals surface area contributed by atoms with Crippen LogP contribution in [0.2, 0.25) is 0 Å². The van der Waals surface area contributed by atoms with Gasteiger partial charge in [0.2, 0.25) is 0 Å². The second kappa shape index (κ2) is 8.58. The average molecular weight is 349 g/mol. The van der Waals surface area contributed by atoms with Gasteiger partial charge in [0, 0.05) is 12.2 Å². The fourth-order valence-corrected chi connectivity index (χ4v) is 2.36. The maximum absolute atomic E-state index is 10.5. The van der Waals surface area contributed by atoms with E-state index in [1.165, 1.54) is 0 Å². The molecule has 0 atom stereocenters. The topological polar surface area (TPSA) is 67.8 Å². The summed E-state index contributed by atoms with van der Waals surface area (Å²) in [5.41, 5.74) is 2.01. The maximum atomic E-state index is 10.5. The van der Waals surface area contributed by atoms with Crippen LogP contribution in [0.5, 0.6) is 17.2 Å². The molecule has 3 aromatic rings. The average Bonchev–Trinajstić information content (AvgIpc) is 2.67. The number of carboxylic acid groups (broad SMARTS) is 1. The lowest BCUT2D eigenvalue weighted by Gasteiger charge is -2.10. The summed E-state index contributed by atoms with van der Waals surface area (Å²) in [6, 6.07) is 24.7. The highest BCUT2D eigenvalue weighted by Gasteiger charge is 2.01. The Labute approximate surface area is 151 Å². The van der Waals surface area contributed by atoms with Crippen LogP contribution in [0.3, 0.4) is 0 Å². The Morgan fingerprint density at radius 2 is 1.58 bits per heavy atom. The normalized spacial score (nSPS) is 10.2. The molecule has 0 aliphatic carbocycles. The van der Waals surface area contributed by atoms with Gasteiger partial charge in [-0.2, -0.15) is 0 Å². The fraction of sp³-hybridized carbons (Fsp3) is 0.0952. The van der Waals surface area contributed by atoms with Crippen LogP contribution in [0.15, 0.2) is 78.9 Å². The minimum atomic E-state index is -0.996. The number of carboxylic acids is 1. The Morgan fingerprint density at radius 1 is 0.846 bits per heavy atom. The second-order valence-corrected chi connectivity index (χ2v) is 5.62. The van der Waals surface area contributed by atoms with Crippen LogP contribution < -0.4 is 14.8 Å². The van der Waals surface area contributed by atoms with Gasteiger partial charge in [0.25, 0.3) is 0 Å². The van der Waals surface area contributed by atoms with Crippen LogP contribution in [-0.2, 0) is 11.3 Å². The molecule has 26 heavy (non-hydrogen) atoms. The number of benzene rings is 3. The van der Waals surface area contributed by atoms with Gasteiger partial charge in [0.1, 0.15) is 17.2 Å². The summed E-state index contributed by atoms with van der Waals surface area (Å²) in [6.07, 6.45) is 0. The van der Waals surface area contributed by atoms with Crippen molar-refractivity contribution in [2.75, 3.05) is 11.9 Å². The molecule has 0 aliphatic heterocycles. The van der Waals surface area contributed by atoms with Crippen molar-refractivity contribution in [1.29, 1.82) is 0 Å². The van der Waals surface area contributed by atoms with Crippen LogP contribution in [-0.4, -0.2) is 17.7 Å². The molecule has 0 heterocycles. The van der Waals surface area contributed by atoms with Crippen LogP contribution in [0, 0.1) is 0 Å². The van der Waals surface area contributed by atoms with E-state index in [1.54, 1.807) is 12.1 Å². The standard InChI is InChI=1S/C21H19NO4/c23-21(24)15-25-18-11-9-17(10-12-18)22-14-16-5-4-8-20(13-16)26-19-6-2-1-3-7-19/h1-13,22H,14-15H2,(H,23,24). The molecule has 2 N–H and O–H groups in total. The van der Waals surface area contributed by atoms with E-state index in [-0.39, 0.29) is 6.61 Å². The SMILES string of the molecule is O=C(O)COc1ccc(NCc2cccc(Oc3ccccc3)c2)cc1. The number of para-hydroxylation sites is 1. The summed E-state index contributed by atoms with van der Waals surface area (Å²) in [6.45, 7) is 0.294. The van der Waals surface area contributed by atoms with Crippen molar-refractivity contribution in [1.82, 2.24) is 0 Å². The van der Waals surface area contributed by atoms with E-state index in [0.717, 1.165) is 22.7 Å². The molecular formula is C21H19NO4. The minimum absolute atomic E-state index is 0.346. The predicted octanol–water partition coefficient (Wildman–Crippen LogP) is 4.55. The van der Waals surface area contributed by atoms with Gasteiger partial charge < -0.3 is 19.9 Å². The van der Waals surface area contributed by atoms with E-state index < -0.39 is 5.97 Å². The van der Waals surface area contributed by atoms with Crippen LogP contribution in [0.1, 0.15) is 5.56 Å². The van der Waals surface area contributed by atoms with Gasteiger partial charge in [0.15, 0.2) is 6.61 Å². The number of carbonyl (C=O) groups is 1. The first-order valence-corrected chi connectivity index (χ1v) is 8.19. The highest BCUT2D eigenvalue weighted by atomic mass is 16.5. The summed E-state index contributed by atoms with van der Waals surface area (Å²) < 4.78 is 11.0. The number of hydrogen-bond acceptors (Lipinski definition) is 4. The lowest BCUT2D eigenvalue weighted by Crippen LogP contribution is -2.09. The number of ether oxygens (including phenoxy) is 2. The molecule has 3 aromatic carbocycles. The monoisotopic (exact) mass is 349 g/mol. The van der Waals surface area contributed by atoms with Crippen molar-refractivity contribution in [3.63, 3.8) is 0 Å². The Hall–Kier alpha value is -3.47. The van der Waals surface area contributed by atoms with Gasteiger partial charge in [-0.1, -0.05) is 30.3 Å². The molecule has 0 radical (unpaired) electrons. The number of hydrogen-bond donors (Lipinski definition) is 2. The van der Waals surface area contributed by atoms with E-state index in [0.29, 0.717) is 12.3 Å². The Balaban J connectivity index is 1.56. The van der Waals surface area contributed by atoms with Gasteiger partial charge in [-0.3, -0.25) is 0 Å². The highest BCUT2D eigenvalue weighted by Crippen LogP contribution is 2.22. The van der Waals surface area contributed by atoms with E-state index in [1.807, 2.05) is 66.7 Å². The fourth-order valence-electron chi connectivity index (χ4n) is 2.36. The third kappa shape index (κ3) is 5.27. The molecule has 0 saturated heterocycles. The molecule has 132 valence electrons. The molecule has 0 bridgehead atoms. The first-order valence-electron chi connectivity index (χ1n) is 8.19. The molecule has 0 unspecified atom stereocenters. The molecule has 0 aromatic heterocycles. The van der Waals surface area contributed by atoms with Gasteiger partial charge >= 0.3 is 5.97 Å². The van der Waals surface area contributed by atoms with E-state index in [9.17, 15) is 4.79 Å². The third-order valence-electron chi connectivity index (χ3n) is 3.59. The van der Waals surface area contributed by atoms with Crippen molar-refractivity contribution in [2.24, 2.45) is 0 Å². The number of aliphatic carboxylic acids is 1. The quantitative estimate of drug-likeness (QED) is 0.624. The Morgan fingerprint density at radius 3 is 2.31 bits per heavy atom. The molecular weight excluding hydrogens is 330 g/mol. The largest absolute Gasteiger partial charge is 0.482 e. The number of anilines is 1. The lowest BCUT2D eigenvalue weighted by atomic mass is 10.2. The highest BCUT2D eigenvalue weighted by molar-refractivity contribution is 5.68. The van der Waals surface area contributed by atoms with Crippen LogP contribution in [0.4, 0.5) is 5.69 Å². The van der Waals surface area contributed by atoms with Crippen molar-refractivity contribution in [3.8, 4) is 17.2 Å². The molecule has 3 rings (SSSR count). The van der Waals surface area contributed by atoms with E-state index in [2.05, 4.69) is 5.32 Å². The van der Waals surface area contributed by atoms with Gasteiger partial charge in [-0.05, 0) is 54.1 Å². The minimum Gasteiger partial charge on any atom is -0.482 e. The van der Waals surface area contributed by atoms with Crippen molar-refractivity contribution >= 4 is 11.7 Å². The van der Waals surface area contributed by atoms with Crippen molar-refractivity contribution in [2.45, 2.75) is 6.54 Å². The zero-order valence-corrected chi connectivity index (χ0v) is 14.1. The maximum Gasteiger partial charge on any atom is 0.341 e. The second-order valence-electron chi connectivity index (χ2n) is 5.62. The number of rotatable bonds is 8. The summed E-state index contributed by atoms with van der Waals surface area (Å²) in [5.74, 6) is 1.11. The van der Waals surface area contributed by atoms with Crippen LogP contribution >= 0.6 is 0 Å². The Kier molecular flexibility index (Phi) is 5.72. The zero-order chi connectivity index (χ0) is 18.2. The molecule has 5 heteroatoms. The molecule has 0 amide bonds. The molecule has 0 spiro atoms. The van der Waals surface area contributed by atoms with Crippen LogP contribution in [0.25, 0.3) is 0 Å². The first kappa shape index (κ1) is 17.4. The molecule has 0 saturated carbocycles. The lowest BCUT2D eigenvalue weighted by molar-refractivity contribution is -0.139. The summed E-state index contributed by atoms with van der Waals surface area (Å²) in [7, 11) is 0.